The summed E-state index contributed by atoms with van der Waals surface area (Å²) in [4.78, 5) is 11.0. The Morgan fingerprint density at radius 2 is 2.15 bits per heavy atom. The van der Waals surface area contributed by atoms with Gasteiger partial charge in [0.05, 0.1) is 5.52 Å². The number of hydrogen-bond donors (Lipinski definition) is 0. The van der Waals surface area contributed by atoms with E-state index < -0.39 is 0 Å². The first-order valence-corrected chi connectivity index (χ1v) is 11.2. The Bertz CT molecular complexity index is 1190. The van der Waals surface area contributed by atoms with Crippen LogP contribution in [-0.2, 0) is 19.3 Å². The van der Waals surface area contributed by atoms with Crippen LogP contribution >= 0.6 is 23.1 Å². The smallest absolute Gasteiger partial charge is 0.197 e. The van der Waals surface area contributed by atoms with E-state index in [0.717, 1.165) is 50.9 Å². The Morgan fingerprint density at radius 3 is 2.96 bits per heavy atom. The van der Waals surface area contributed by atoms with Crippen molar-refractivity contribution < 1.29 is 0 Å². The molecule has 0 N–H and O–H groups in total. The summed E-state index contributed by atoms with van der Waals surface area (Å²) >= 11 is 3.33. The quantitative estimate of drug-likeness (QED) is 0.357. The molecule has 27 heavy (non-hydrogen) atoms. The van der Waals surface area contributed by atoms with E-state index in [1.165, 1.54) is 28.6 Å². The number of hydrogen-bond acceptors (Lipinski definition) is 6. The molecule has 1 aliphatic carbocycles. The fraction of sp³-hybridized carbons (Fsp3) is 0.400. The molecule has 0 spiro atoms. The van der Waals surface area contributed by atoms with Crippen molar-refractivity contribution in [3.8, 4) is 0 Å². The zero-order valence-corrected chi connectivity index (χ0v) is 17.2. The lowest BCUT2D eigenvalue weighted by molar-refractivity contribution is 0.632. The van der Waals surface area contributed by atoms with E-state index in [9.17, 15) is 0 Å². The highest BCUT2D eigenvalue weighted by Crippen LogP contribution is 2.41. The normalized spacial score (nSPS) is 14.0. The number of thioether (sulfide) groups is 1. The summed E-state index contributed by atoms with van der Waals surface area (Å²) in [5.74, 6) is 1.42. The van der Waals surface area contributed by atoms with E-state index in [1.807, 2.05) is 16.8 Å². The van der Waals surface area contributed by atoms with Crippen molar-refractivity contribution in [2.75, 3.05) is 5.75 Å². The highest BCUT2D eigenvalue weighted by molar-refractivity contribution is 7.99. The molecule has 0 atom stereocenters. The first kappa shape index (κ1) is 17.1. The van der Waals surface area contributed by atoms with Crippen LogP contribution < -0.4 is 0 Å². The first-order chi connectivity index (χ1) is 13.2. The molecule has 0 unspecified atom stereocenters. The fourth-order valence-electron chi connectivity index (χ4n) is 4.00. The van der Waals surface area contributed by atoms with Gasteiger partial charge in [0.25, 0.3) is 0 Å². The Morgan fingerprint density at radius 1 is 1.30 bits per heavy atom. The molecule has 4 aromatic heterocycles. The minimum atomic E-state index is 0.611. The summed E-state index contributed by atoms with van der Waals surface area (Å²) in [7, 11) is 0. The largest absolute Gasteiger partial charge is 0.259 e. The molecule has 5 nitrogen and oxygen atoms in total. The van der Waals surface area contributed by atoms with Crippen LogP contribution in [0.1, 0.15) is 37.1 Å². The van der Waals surface area contributed by atoms with Crippen LogP contribution in [0.5, 0.6) is 0 Å². The highest BCUT2D eigenvalue weighted by Gasteiger charge is 2.25. The van der Waals surface area contributed by atoms with Gasteiger partial charge in [-0.2, -0.15) is 0 Å². The summed E-state index contributed by atoms with van der Waals surface area (Å²) < 4.78 is 3.08. The van der Waals surface area contributed by atoms with Crippen molar-refractivity contribution in [3.05, 3.63) is 35.8 Å². The molecule has 0 aromatic carbocycles. The van der Waals surface area contributed by atoms with Gasteiger partial charge in [0.2, 0.25) is 0 Å². The summed E-state index contributed by atoms with van der Waals surface area (Å²) in [6.45, 7) is 8.31. The molecule has 1 aliphatic rings. The van der Waals surface area contributed by atoms with Gasteiger partial charge in [0, 0.05) is 16.8 Å². The van der Waals surface area contributed by atoms with Crippen LogP contribution in [0, 0.1) is 5.92 Å². The number of fused-ring (bicyclic) bond motifs is 7. The number of nitrogens with zero attached hydrogens (tertiary/aromatic N) is 5. The molecule has 138 valence electrons. The molecular formula is C20H21N5S2. The van der Waals surface area contributed by atoms with Crippen molar-refractivity contribution in [1.29, 1.82) is 0 Å². The summed E-state index contributed by atoms with van der Waals surface area (Å²) in [6, 6.07) is 0. The molecule has 4 heterocycles. The maximum absolute atomic E-state index is 5.09. The van der Waals surface area contributed by atoms with Crippen LogP contribution in [0.25, 0.3) is 26.1 Å². The number of aryl methyl sites for hydroxylation is 1. The van der Waals surface area contributed by atoms with E-state index in [1.54, 1.807) is 23.1 Å². The monoisotopic (exact) mass is 395 g/mol. The Kier molecular flexibility index (Phi) is 4.16. The lowest BCUT2D eigenvalue weighted by atomic mass is 9.99. The van der Waals surface area contributed by atoms with Gasteiger partial charge in [-0.3, -0.25) is 4.40 Å². The molecule has 0 saturated carbocycles. The van der Waals surface area contributed by atoms with Crippen molar-refractivity contribution in [1.82, 2.24) is 24.6 Å². The van der Waals surface area contributed by atoms with Gasteiger partial charge in [-0.1, -0.05) is 31.7 Å². The predicted octanol–water partition coefficient (Wildman–Crippen LogP) is 4.85. The molecule has 0 amide bonds. The van der Waals surface area contributed by atoms with Gasteiger partial charge in [-0.05, 0) is 42.7 Å². The summed E-state index contributed by atoms with van der Waals surface area (Å²) in [5, 5.41) is 10.9. The average Bonchev–Trinajstić information content (AvgIpc) is 3.34. The summed E-state index contributed by atoms with van der Waals surface area (Å²) in [6.07, 6.45) is 8.27. The molecular weight excluding hydrogens is 374 g/mol. The third kappa shape index (κ3) is 2.67. The molecule has 4 aromatic rings. The molecule has 0 saturated heterocycles. The van der Waals surface area contributed by atoms with E-state index in [0.29, 0.717) is 5.92 Å². The zero-order chi connectivity index (χ0) is 18.5. The zero-order valence-electron chi connectivity index (χ0n) is 15.5. The number of rotatable bonds is 5. The number of pyridine rings is 1. The van der Waals surface area contributed by atoms with E-state index >= 15 is 0 Å². The average molecular weight is 396 g/mol. The third-order valence-corrected chi connectivity index (χ3v) is 7.08. The van der Waals surface area contributed by atoms with E-state index in [4.69, 9.17) is 9.97 Å². The van der Waals surface area contributed by atoms with Crippen LogP contribution in [0.4, 0.5) is 0 Å². The minimum absolute atomic E-state index is 0.611. The van der Waals surface area contributed by atoms with Gasteiger partial charge < -0.3 is 0 Å². The second-order valence-electron chi connectivity index (χ2n) is 7.45. The van der Waals surface area contributed by atoms with Gasteiger partial charge in [0.1, 0.15) is 15.9 Å². The lowest BCUT2D eigenvalue weighted by Gasteiger charge is -2.11. The van der Waals surface area contributed by atoms with Gasteiger partial charge >= 0.3 is 0 Å². The van der Waals surface area contributed by atoms with Crippen molar-refractivity contribution in [3.63, 3.8) is 0 Å². The second kappa shape index (κ2) is 6.56. The van der Waals surface area contributed by atoms with Crippen LogP contribution in [0.2, 0.25) is 0 Å². The lowest BCUT2D eigenvalue weighted by Crippen LogP contribution is -2.03. The molecule has 0 fully saturated rings. The molecule has 0 bridgehead atoms. The SMILES string of the molecule is C=CCSc1nnc2c3sc4nc(CC(C)C)c5c(c4c3ncn12)CCC5. The van der Waals surface area contributed by atoms with Crippen LogP contribution in [0.15, 0.2) is 24.1 Å². The minimum Gasteiger partial charge on any atom is -0.259 e. The molecule has 5 rings (SSSR count). The maximum atomic E-state index is 5.09. The van der Waals surface area contributed by atoms with Crippen LogP contribution in [0.3, 0.4) is 0 Å². The topological polar surface area (TPSA) is 56.0 Å². The Hall–Kier alpha value is -1.99. The van der Waals surface area contributed by atoms with Crippen molar-refractivity contribution in [2.45, 2.75) is 44.7 Å². The fourth-order valence-corrected chi connectivity index (χ4v) is 5.79. The van der Waals surface area contributed by atoms with Gasteiger partial charge in [0.15, 0.2) is 10.8 Å². The highest BCUT2D eigenvalue weighted by atomic mass is 32.2. The maximum Gasteiger partial charge on any atom is 0.197 e. The first-order valence-electron chi connectivity index (χ1n) is 9.37. The Labute approximate surface area is 165 Å². The Balaban J connectivity index is 1.78. The molecule has 0 radical (unpaired) electrons. The van der Waals surface area contributed by atoms with Crippen LogP contribution in [-0.4, -0.2) is 30.3 Å². The molecule has 7 heteroatoms. The van der Waals surface area contributed by atoms with Gasteiger partial charge in [-0.15, -0.1) is 28.1 Å². The predicted molar refractivity (Wildman–Crippen MR) is 113 cm³/mol. The van der Waals surface area contributed by atoms with Crippen molar-refractivity contribution >= 4 is 49.2 Å². The molecule has 0 aliphatic heterocycles. The van der Waals surface area contributed by atoms with E-state index in [-0.39, 0.29) is 0 Å². The number of aromatic nitrogens is 5. The third-order valence-electron chi connectivity index (χ3n) is 5.07. The standard InChI is InChI=1S/C20H21N5S2/c1-4-8-26-20-24-23-18-17-16(21-10-25(18)20)15-13-7-5-6-12(13)14(9-11(2)3)22-19(15)27-17/h4,10-11H,1,5-9H2,2-3H3. The number of thiophene rings is 1. The summed E-state index contributed by atoms with van der Waals surface area (Å²) in [5.41, 5.74) is 6.15. The van der Waals surface area contributed by atoms with E-state index in [2.05, 4.69) is 30.6 Å². The van der Waals surface area contributed by atoms with Gasteiger partial charge in [-0.25, -0.2) is 9.97 Å². The second-order valence-corrected chi connectivity index (χ2v) is 9.43. The van der Waals surface area contributed by atoms with Crippen molar-refractivity contribution in [2.24, 2.45) is 5.92 Å².